The molecule has 13 heteroatoms. The van der Waals surface area contributed by atoms with Gasteiger partial charge in [0, 0.05) is 14.3 Å². The second kappa shape index (κ2) is 10.3. The fourth-order valence-corrected chi connectivity index (χ4v) is 4.84. The number of esters is 1. The number of carbonyl (C=O) groups excluding carboxylic acids is 2. The van der Waals surface area contributed by atoms with Crippen molar-refractivity contribution in [2.75, 3.05) is 11.9 Å². The number of ether oxygens (including phenoxy) is 2. The zero-order valence-corrected chi connectivity index (χ0v) is 21.2. The van der Waals surface area contributed by atoms with Crippen LogP contribution in [0.3, 0.4) is 0 Å². The highest BCUT2D eigenvalue weighted by Crippen LogP contribution is 2.31. The number of amides is 1. The number of halogens is 4. The van der Waals surface area contributed by atoms with Gasteiger partial charge in [0.25, 0.3) is 11.5 Å². The number of rotatable bonds is 6. The number of alkyl halides is 3. The van der Waals surface area contributed by atoms with Gasteiger partial charge >= 0.3 is 12.3 Å². The van der Waals surface area contributed by atoms with Crippen LogP contribution in [0, 0.1) is 3.57 Å². The number of aromatic nitrogens is 2. The summed E-state index contributed by atoms with van der Waals surface area (Å²) in [5.41, 5.74) is -0.419. The van der Waals surface area contributed by atoms with Crippen LogP contribution in [-0.2, 0) is 4.74 Å². The molecule has 4 aromatic rings. The third kappa shape index (κ3) is 5.36. The van der Waals surface area contributed by atoms with Crippen LogP contribution < -0.4 is 15.6 Å². The summed E-state index contributed by atoms with van der Waals surface area (Å²) in [5, 5.41) is 8.70. The number of hydrogen-bond donors (Lipinski definition) is 1. The molecule has 1 amide bonds. The maximum atomic E-state index is 13.4. The number of anilines is 1. The fourth-order valence-electron chi connectivity index (χ4n) is 3.27. The number of benzene rings is 2. The summed E-state index contributed by atoms with van der Waals surface area (Å²) >= 11 is 3.04. The quantitative estimate of drug-likeness (QED) is 0.227. The predicted molar refractivity (Wildman–Crippen MR) is 135 cm³/mol. The van der Waals surface area contributed by atoms with E-state index < -0.39 is 29.5 Å². The molecule has 0 radical (unpaired) electrons. The SMILES string of the molecule is CCOC(=O)c1nn(-c2ccc(OC(F)(F)F)cc2)c(=O)c2c(NC(=O)c3ccccc3I)scc12. The Labute approximate surface area is 218 Å². The molecule has 0 saturated carbocycles. The Morgan fingerprint density at radius 1 is 1.14 bits per heavy atom. The van der Waals surface area contributed by atoms with Crippen LogP contribution in [0.1, 0.15) is 27.8 Å². The first kappa shape index (κ1) is 25.6. The lowest BCUT2D eigenvalue weighted by Gasteiger charge is -2.12. The first-order chi connectivity index (χ1) is 17.1. The highest BCUT2D eigenvalue weighted by Gasteiger charge is 2.31. The molecule has 36 heavy (non-hydrogen) atoms. The van der Waals surface area contributed by atoms with Gasteiger partial charge in [-0.2, -0.15) is 9.78 Å². The fraction of sp³-hybridized carbons (Fsp3) is 0.130. The van der Waals surface area contributed by atoms with Gasteiger partial charge in [-0.3, -0.25) is 9.59 Å². The molecule has 0 aliphatic heterocycles. The van der Waals surface area contributed by atoms with Crippen LogP contribution >= 0.6 is 33.9 Å². The summed E-state index contributed by atoms with van der Waals surface area (Å²) in [7, 11) is 0. The molecule has 0 aliphatic carbocycles. The number of hydrogen-bond acceptors (Lipinski definition) is 7. The van der Waals surface area contributed by atoms with Gasteiger partial charge in [-0.05, 0) is 65.9 Å². The molecule has 0 aliphatic rings. The highest BCUT2D eigenvalue weighted by molar-refractivity contribution is 14.1. The van der Waals surface area contributed by atoms with Crippen molar-refractivity contribution >= 4 is 61.6 Å². The van der Waals surface area contributed by atoms with E-state index in [0.717, 1.165) is 28.2 Å². The summed E-state index contributed by atoms with van der Waals surface area (Å²) in [6, 6.07) is 11.3. The van der Waals surface area contributed by atoms with E-state index in [0.29, 0.717) is 9.13 Å². The van der Waals surface area contributed by atoms with Crippen molar-refractivity contribution < 1.29 is 32.2 Å². The molecular weight excluding hydrogens is 614 g/mol. The molecule has 2 aromatic heterocycles. The monoisotopic (exact) mass is 629 g/mol. The van der Waals surface area contributed by atoms with Crippen LogP contribution in [0.25, 0.3) is 16.5 Å². The summed E-state index contributed by atoms with van der Waals surface area (Å²) in [6.07, 6.45) is -4.88. The Bertz CT molecular complexity index is 1520. The van der Waals surface area contributed by atoms with Crippen molar-refractivity contribution in [1.29, 1.82) is 0 Å². The van der Waals surface area contributed by atoms with E-state index in [2.05, 4.69) is 15.2 Å². The number of nitrogens with zero attached hydrogens (tertiary/aromatic N) is 2. The molecular formula is C23H15F3IN3O5S. The molecule has 4 rings (SSSR count). The number of nitrogens with one attached hydrogen (secondary N) is 1. The maximum Gasteiger partial charge on any atom is 0.573 e. The normalized spacial score (nSPS) is 11.4. The minimum absolute atomic E-state index is 0.00737. The van der Waals surface area contributed by atoms with Gasteiger partial charge in [-0.1, -0.05) is 12.1 Å². The molecule has 0 atom stereocenters. The van der Waals surface area contributed by atoms with E-state index >= 15 is 0 Å². The lowest BCUT2D eigenvalue weighted by molar-refractivity contribution is -0.274. The van der Waals surface area contributed by atoms with Gasteiger partial charge in [0.15, 0.2) is 5.69 Å². The van der Waals surface area contributed by atoms with Gasteiger partial charge in [0.05, 0.1) is 23.2 Å². The van der Waals surface area contributed by atoms with E-state index in [-0.39, 0.29) is 33.8 Å². The second-order valence-electron chi connectivity index (χ2n) is 7.12. The first-order valence-corrected chi connectivity index (χ1v) is 12.2. The minimum atomic E-state index is -4.88. The Kier molecular flexibility index (Phi) is 7.31. The topological polar surface area (TPSA) is 99.5 Å². The van der Waals surface area contributed by atoms with Gasteiger partial charge in [0.2, 0.25) is 0 Å². The largest absolute Gasteiger partial charge is 0.573 e. The van der Waals surface area contributed by atoms with Crippen molar-refractivity contribution in [2.24, 2.45) is 0 Å². The van der Waals surface area contributed by atoms with Crippen LogP contribution in [0.5, 0.6) is 5.75 Å². The summed E-state index contributed by atoms with van der Waals surface area (Å²) in [5.74, 6) is -1.76. The van der Waals surface area contributed by atoms with Gasteiger partial charge < -0.3 is 14.8 Å². The average Bonchev–Trinajstić information content (AvgIpc) is 3.23. The molecule has 2 heterocycles. The molecule has 0 unspecified atom stereocenters. The lowest BCUT2D eigenvalue weighted by atomic mass is 10.2. The van der Waals surface area contributed by atoms with Gasteiger partial charge in [-0.25, -0.2) is 4.79 Å². The third-order valence-corrected chi connectivity index (χ3v) is 6.62. The Morgan fingerprint density at radius 2 is 1.83 bits per heavy atom. The van der Waals surface area contributed by atoms with Crippen molar-refractivity contribution in [1.82, 2.24) is 9.78 Å². The summed E-state index contributed by atoms with van der Waals surface area (Å²) in [4.78, 5) is 39.0. The average molecular weight is 629 g/mol. The summed E-state index contributed by atoms with van der Waals surface area (Å²) < 4.78 is 48.0. The van der Waals surface area contributed by atoms with E-state index in [9.17, 15) is 27.6 Å². The first-order valence-electron chi connectivity index (χ1n) is 10.2. The summed E-state index contributed by atoms with van der Waals surface area (Å²) in [6.45, 7) is 1.65. The van der Waals surface area contributed by atoms with Crippen LogP contribution in [0.4, 0.5) is 18.2 Å². The highest BCUT2D eigenvalue weighted by atomic mass is 127. The second-order valence-corrected chi connectivity index (χ2v) is 9.16. The van der Waals surface area contributed by atoms with E-state index in [4.69, 9.17) is 4.74 Å². The van der Waals surface area contributed by atoms with Gasteiger partial charge in [0.1, 0.15) is 10.8 Å². The number of fused-ring (bicyclic) bond motifs is 1. The Hall–Kier alpha value is -3.46. The van der Waals surface area contributed by atoms with Crippen molar-refractivity contribution in [2.45, 2.75) is 13.3 Å². The zero-order chi connectivity index (χ0) is 26.0. The van der Waals surface area contributed by atoms with Crippen molar-refractivity contribution in [3.63, 3.8) is 0 Å². The van der Waals surface area contributed by atoms with E-state index in [1.165, 1.54) is 17.5 Å². The minimum Gasteiger partial charge on any atom is -0.461 e. The number of thiophene rings is 1. The molecule has 0 saturated heterocycles. The van der Waals surface area contributed by atoms with Crippen LogP contribution in [0.15, 0.2) is 58.7 Å². The Balaban J connectivity index is 1.83. The standard InChI is InChI=1S/C23H15F3IN3O5S/c1-2-34-22(33)18-15-11-36-20(28-19(31)14-5-3-4-6-16(14)27)17(15)21(32)30(29-18)12-7-9-13(10-8-12)35-23(24,25)26/h3-11H,2H2,1H3,(H,28,31). The number of carbonyl (C=O) groups is 2. The van der Waals surface area contributed by atoms with Crippen molar-refractivity contribution in [3.8, 4) is 11.4 Å². The molecule has 0 spiro atoms. The predicted octanol–water partition coefficient (Wildman–Crippen LogP) is 5.38. The molecule has 0 bridgehead atoms. The maximum absolute atomic E-state index is 13.4. The molecule has 2 aromatic carbocycles. The van der Waals surface area contributed by atoms with Crippen LogP contribution in [0.2, 0.25) is 0 Å². The zero-order valence-electron chi connectivity index (χ0n) is 18.3. The molecule has 8 nitrogen and oxygen atoms in total. The molecule has 0 fully saturated rings. The molecule has 186 valence electrons. The smallest absolute Gasteiger partial charge is 0.461 e. The molecule has 1 N–H and O–H groups in total. The lowest BCUT2D eigenvalue weighted by Crippen LogP contribution is -2.25. The van der Waals surface area contributed by atoms with E-state index in [1.54, 1.807) is 31.2 Å². The third-order valence-electron chi connectivity index (χ3n) is 4.78. The Morgan fingerprint density at radius 3 is 2.47 bits per heavy atom. The van der Waals surface area contributed by atoms with Gasteiger partial charge in [-0.15, -0.1) is 24.5 Å². The van der Waals surface area contributed by atoms with Crippen molar-refractivity contribution in [3.05, 3.63) is 79.1 Å². The van der Waals surface area contributed by atoms with E-state index in [1.807, 2.05) is 22.6 Å². The van der Waals surface area contributed by atoms with Crippen LogP contribution in [-0.4, -0.2) is 34.6 Å².